The van der Waals surface area contributed by atoms with Crippen molar-refractivity contribution in [1.82, 2.24) is 34.7 Å². The number of pyridine rings is 1. The number of aromatic amines is 1. The molecule has 10 heteroatoms. The van der Waals surface area contributed by atoms with E-state index in [2.05, 4.69) is 32.5 Å². The summed E-state index contributed by atoms with van der Waals surface area (Å²) in [6, 6.07) is 14.8. The van der Waals surface area contributed by atoms with Gasteiger partial charge in [0.05, 0.1) is 17.8 Å². The Morgan fingerprint density at radius 2 is 1.89 bits per heavy atom. The Labute approximate surface area is 218 Å². The summed E-state index contributed by atoms with van der Waals surface area (Å²) in [7, 11) is 0. The number of para-hydroxylation sites is 1. The van der Waals surface area contributed by atoms with Gasteiger partial charge in [0.2, 0.25) is 0 Å². The zero-order valence-corrected chi connectivity index (χ0v) is 21.1. The molecular weight excluding hydrogens is 482 g/mol. The van der Waals surface area contributed by atoms with Gasteiger partial charge in [-0.05, 0) is 59.0 Å². The van der Waals surface area contributed by atoms with Crippen LogP contribution in [0.25, 0.3) is 28.2 Å². The van der Waals surface area contributed by atoms with Crippen molar-refractivity contribution in [2.45, 2.75) is 39.7 Å². The number of hydrogen-bond acceptors (Lipinski definition) is 6. The van der Waals surface area contributed by atoms with Crippen LogP contribution < -0.4 is 5.69 Å². The number of aromatic carboxylic acids is 1. The lowest BCUT2D eigenvalue weighted by Crippen LogP contribution is -2.26. The topological polar surface area (TPSA) is 132 Å². The van der Waals surface area contributed by atoms with Crippen LogP contribution in [0.5, 0.6) is 0 Å². The van der Waals surface area contributed by atoms with Gasteiger partial charge in [-0.15, -0.1) is 5.10 Å². The molecule has 2 aromatic carbocycles. The molecule has 3 heterocycles. The van der Waals surface area contributed by atoms with Crippen molar-refractivity contribution in [1.29, 1.82) is 0 Å². The second-order valence-corrected chi connectivity index (χ2v) is 9.11. The third-order valence-electron chi connectivity index (χ3n) is 6.58. The number of hydrogen-bond donors (Lipinski definition) is 2. The number of H-pyrrole nitrogens is 1. The minimum atomic E-state index is -1.06. The van der Waals surface area contributed by atoms with Crippen LogP contribution in [0.1, 0.15) is 46.9 Å². The Morgan fingerprint density at radius 1 is 1.08 bits per heavy atom. The smallest absolute Gasteiger partial charge is 0.337 e. The number of aryl methyl sites for hydroxylation is 2. The number of aromatic nitrogens is 7. The number of nitrogens with zero attached hydrogens (tertiary/aromatic N) is 6. The minimum absolute atomic E-state index is 0.102. The molecule has 5 rings (SSSR count). The van der Waals surface area contributed by atoms with Gasteiger partial charge >= 0.3 is 11.7 Å². The number of unbranched alkanes of at least 4 members (excludes halogenated alkanes) is 1. The van der Waals surface area contributed by atoms with Crippen LogP contribution in [-0.4, -0.2) is 45.8 Å². The van der Waals surface area contributed by atoms with Gasteiger partial charge in [0, 0.05) is 35.4 Å². The zero-order chi connectivity index (χ0) is 26.6. The van der Waals surface area contributed by atoms with Gasteiger partial charge in [0.25, 0.3) is 0 Å². The average Bonchev–Trinajstić information content (AvgIpc) is 3.57. The van der Waals surface area contributed by atoms with E-state index in [-0.39, 0.29) is 11.3 Å². The Bertz CT molecular complexity index is 1630. The summed E-state index contributed by atoms with van der Waals surface area (Å²) in [5.74, 6) is -0.512. The van der Waals surface area contributed by atoms with E-state index in [1.165, 1.54) is 10.6 Å². The molecule has 192 valence electrons. The molecule has 0 radical (unpaired) electrons. The zero-order valence-electron chi connectivity index (χ0n) is 21.1. The van der Waals surface area contributed by atoms with Gasteiger partial charge in [-0.2, -0.15) is 0 Å². The first-order valence-corrected chi connectivity index (χ1v) is 12.4. The standard InChI is InChI=1S/C28H27N7O3/c1-3-4-7-21-17-35(25-18(2)6-5-8-23(25)27(36)37)28(38)34(21)16-19-9-11-20(12-10-19)24-15-29-14-13-22(24)26-30-32-33-31-26/h5-6,8-15,17H,3-4,7,16H2,1-2H3,(H,36,37)(H,30,31,32,33). The molecule has 0 bridgehead atoms. The summed E-state index contributed by atoms with van der Waals surface area (Å²) >= 11 is 0. The van der Waals surface area contributed by atoms with Crippen molar-refractivity contribution in [2.75, 3.05) is 0 Å². The molecule has 0 unspecified atom stereocenters. The Morgan fingerprint density at radius 3 is 2.61 bits per heavy atom. The predicted molar refractivity (Wildman–Crippen MR) is 142 cm³/mol. The maximum atomic E-state index is 13.7. The second kappa shape index (κ2) is 10.6. The van der Waals surface area contributed by atoms with E-state index < -0.39 is 5.97 Å². The number of carboxylic acids is 1. The molecule has 0 aliphatic carbocycles. The molecule has 0 fully saturated rings. The maximum absolute atomic E-state index is 13.7. The lowest BCUT2D eigenvalue weighted by molar-refractivity contribution is 0.0696. The molecule has 0 amide bonds. The molecule has 0 aliphatic heterocycles. The monoisotopic (exact) mass is 509 g/mol. The molecule has 5 aromatic rings. The van der Waals surface area contributed by atoms with Gasteiger partial charge < -0.3 is 5.11 Å². The van der Waals surface area contributed by atoms with Crippen LogP contribution >= 0.6 is 0 Å². The first-order valence-electron chi connectivity index (χ1n) is 12.4. The average molecular weight is 510 g/mol. The lowest BCUT2D eigenvalue weighted by atomic mass is 10.0. The highest BCUT2D eigenvalue weighted by Crippen LogP contribution is 2.29. The number of rotatable bonds is 9. The summed E-state index contributed by atoms with van der Waals surface area (Å²) in [6.07, 6.45) is 7.86. The van der Waals surface area contributed by atoms with Gasteiger partial charge in [-0.1, -0.05) is 49.7 Å². The fraction of sp³-hybridized carbons (Fsp3) is 0.214. The molecule has 3 aromatic heterocycles. The van der Waals surface area contributed by atoms with Gasteiger partial charge in [-0.25, -0.2) is 14.7 Å². The van der Waals surface area contributed by atoms with E-state index in [0.717, 1.165) is 52.8 Å². The minimum Gasteiger partial charge on any atom is -0.478 e. The van der Waals surface area contributed by atoms with Crippen LogP contribution in [0.15, 0.2) is 71.9 Å². The molecule has 2 N–H and O–H groups in total. The second-order valence-electron chi connectivity index (χ2n) is 9.11. The van der Waals surface area contributed by atoms with E-state index >= 15 is 0 Å². The molecule has 38 heavy (non-hydrogen) atoms. The molecule has 0 spiro atoms. The van der Waals surface area contributed by atoms with Gasteiger partial charge in [0.1, 0.15) is 0 Å². The quantitative estimate of drug-likeness (QED) is 0.303. The van der Waals surface area contributed by atoms with Crippen molar-refractivity contribution >= 4 is 5.97 Å². The van der Waals surface area contributed by atoms with E-state index in [0.29, 0.717) is 18.1 Å². The van der Waals surface area contributed by atoms with Gasteiger partial charge in [0.15, 0.2) is 5.82 Å². The number of nitrogens with one attached hydrogen (secondary N) is 1. The van der Waals surface area contributed by atoms with Crippen LogP contribution in [0.3, 0.4) is 0 Å². The third kappa shape index (κ3) is 4.75. The van der Waals surface area contributed by atoms with E-state index in [9.17, 15) is 14.7 Å². The number of carbonyl (C=O) groups is 1. The SMILES string of the molecule is CCCCc1cn(-c2c(C)cccc2C(=O)O)c(=O)n1Cc1ccc(-c2cnccc2-c2nnn[nH]2)cc1. The third-order valence-corrected chi connectivity index (χ3v) is 6.58. The number of imidazole rings is 1. The Balaban J connectivity index is 1.51. The molecular formula is C28H27N7O3. The van der Waals surface area contributed by atoms with E-state index in [1.54, 1.807) is 29.2 Å². The van der Waals surface area contributed by atoms with Crippen molar-refractivity contribution < 1.29 is 9.90 Å². The highest BCUT2D eigenvalue weighted by molar-refractivity contribution is 5.92. The van der Waals surface area contributed by atoms with Crippen molar-refractivity contribution in [2.24, 2.45) is 0 Å². The van der Waals surface area contributed by atoms with Crippen LogP contribution in [0, 0.1) is 6.92 Å². The summed E-state index contributed by atoms with van der Waals surface area (Å²) in [5.41, 5.74) is 5.44. The summed E-state index contributed by atoms with van der Waals surface area (Å²) < 4.78 is 3.21. The van der Waals surface area contributed by atoms with Crippen molar-refractivity contribution in [3.63, 3.8) is 0 Å². The largest absolute Gasteiger partial charge is 0.478 e. The Kier molecular flexibility index (Phi) is 6.94. The molecule has 10 nitrogen and oxygen atoms in total. The molecule has 0 aliphatic rings. The highest BCUT2D eigenvalue weighted by Gasteiger charge is 2.20. The Hall–Kier alpha value is -4.86. The fourth-order valence-electron chi connectivity index (χ4n) is 4.64. The molecule has 0 saturated heterocycles. The first-order chi connectivity index (χ1) is 18.5. The van der Waals surface area contributed by atoms with Crippen molar-refractivity contribution in [3.05, 3.63) is 100.0 Å². The normalized spacial score (nSPS) is 11.1. The van der Waals surface area contributed by atoms with Crippen LogP contribution in [0.4, 0.5) is 0 Å². The summed E-state index contributed by atoms with van der Waals surface area (Å²) in [4.78, 5) is 29.8. The highest BCUT2D eigenvalue weighted by atomic mass is 16.4. The van der Waals surface area contributed by atoms with Crippen LogP contribution in [0.2, 0.25) is 0 Å². The predicted octanol–water partition coefficient (Wildman–Crippen LogP) is 4.28. The van der Waals surface area contributed by atoms with Gasteiger partial charge in [-0.3, -0.25) is 14.1 Å². The van der Waals surface area contributed by atoms with E-state index in [4.69, 9.17) is 0 Å². The lowest BCUT2D eigenvalue weighted by Gasteiger charge is -2.10. The maximum Gasteiger partial charge on any atom is 0.337 e. The first kappa shape index (κ1) is 24.8. The molecule has 0 atom stereocenters. The number of tetrazole rings is 1. The molecule has 0 saturated carbocycles. The summed E-state index contributed by atoms with van der Waals surface area (Å²) in [6.45, 7) is 4.28. The number of carboxylic acid groups (broad SMARTS) is 1. The van der Waals surface area contributed by atoms with Crippen LogP contribution in [-0.2, 0) is 13.0 Å². The summed E-state index contributed by atoms with van der Waals surface area (Å²) in [5, 5.41) is 23.9. The number of benzene rings is 2. The van der Waals surface area contributed by atoms with E-state index in [1.807, 2.05) is 43.3 Å². The van der Waals surface area contributed by atoms with Crippen molar-refractivity contribution in [3.8, 4) is 28.2 Å². The fourth-order valence-corrected chi connectivity index (χ4v) is 4.64.